The number of rotatable bonds is 7. The van der Waals surface area contributed by atoms with Crippen molar-refractivity contribution in [2.75, 3.05) is 12.9 Å². The van der Waals surface area contributed by atoms with E-state index < -0.39 is 35.0 Å². The number of hydrogen-bond donors (Lipinski definition) is 0. The summed E-state index contributed by atoms with van der Waals surface area (Å²) in [7, 11) is 11.2. The summed E-state index contributed by atoms with van der Waals surface area (Å²) < 4.78 is 17.8. The molecule has 0 radical (unpaired) electrons. The van der Waals surface area contributed by atoms with E-state index in [0.29, 0.717) is 17.9 Å². The average Bonchev–Trinajstić information content (AvgIpc) is 3.00. The Labute approximate surface area is 167 Å². The Kier molecular flexibility index (Phi) is 7.89. The fourth-order valence-electron chi connectivity index (χ4n) is 2.95. The molecule has 1 aromatic rings. The Balaban J connectivity index is 2.57. The van der Waals surface area contributed by atoms with Crippen LogP contribution in [-0.4, -0.2) is 34.8 Å². The van der Waals surface area contributed by atoms with Crippen LogP contribution in [0.15, 0.2) is 28.4 Å². The first-order valence-corrected chi connectivity index (χ1v) is 15.1. The van der Waals surface area contributed by atoms with Crippen LogP contribution in [0, 0.1) is 4.91 Å². The second kappa shape index (κ2) is 9.49. The van der Waals surface area contributed by atoms with Gasteiger partial charge in [0.15, 0.2) is 0 Å². The Morgan fingerprint density at radius 3 is 2.73 bits per heavy atom. The fourth-order valence-corrected chi connectivity index (χ4v) is 8.14. The number of hydrogen-bond acceptors (Lipinski definition) is 6. The minimum atomic E-state index is -2.25. The fraction of sp³-hybridized carbons (Fsp3) is 0.500. The van der Waals surface area contributed by atoms with E-state index in [1.165, 1.54) is 7.11 Å². The van der Waals surface area contributed by atoms with Gasteiger partial charge in [0.05, 0.1) is 0 Å². The number of ether oxygens (including phenoxy) is 2. The van der Waals surface area contributed by atoms with Gasteiger partial charge in [0.1, 0.15) is 0 Å². The van der Waals surface area contributed by atoms with Crippen LogP contribution in [0.3, 0.4) is 0 Å². The van der Waals surface area contributed by atoms with Crippen LogP contribution < -0.4 is 4.74 Å². The van der Waals surface area contributed by atoms with Crippen LogP contribution in [0.5, 0.6) is 5.75 Å². The van der Waals surface area contributed by atoms with Gasteiger partial charge in [-0.15, -0.1) is 0 Å². The van der Waals surface area contributed by atoms with Crippen LogP contribution in [0.1, 0.15) is 32.3 Å². The van der Waals surface area contributed by atoms with E-state index in [2.05, 4.69) is 5.34 Å². The summed E-state index contributed by atoms with van der Waals surface area (Å²) in [5.74, 6) is 0.812. The molecule has 0 saturated carbocycles. The predicted octanol–water partition coefficient (Wildman–Crippen LogP) is 4.66. The molecule has 1 aliphatic heterocycles. The first-order valence-electron chi connectivity index (χ1n) is 7.87. The van der Waals surface area contributed by atoms with E-state index in [9.17, 15) is 9.70 Å². The summed E-state index contributed by atoms with van der Waals surface area (Å²) in [5.41, 5.74) is 0.733. The second-order valence-electron chi connectivity index (χ2n) is 5.91. The molecule has 2 atom stereocenters. The molecule has 1 heterocycles. The van der Waals surface area contributed by atoms with E-state index >= 15 is 0 Å². The summed E-state index contributed by atoms with van der Waals surface area (Å²) in [6, 6.07) is 5.45. The normalized spacial score (nSPS) is 25.2. The van der Waals surface area contributed by atoms with Gasteiger partial charge in [-0.25, -0.2) is 0 Å². The molecule has 0 spiro atoms. The zero-order valence-electron chi connectivity index (χ0n) is 14.6. The first kappa shape index (κ1) is 21.6. The van der Waals surface area contributed by atoms with Crippen molar-refractivity contribution < 1.29 is 32.1 Å². The topological polar surface area (TPSA) is 74.2 Å². The summed E-state index contributed by atoms with van der Waals surface area (Å²) in [4.78, 5) is 24.0. The van der Waals surface area contributed by atoms with Crippen molar-refractivity contribution in [3.05, 3.63) is 28.7 Å². The van der Waals surface area contributed by atoms with Crippen LogP contribution in [0.2, 0.25) is 0 Å². The number of esters is 1. The molecule has 0 N–H and O–H groups in total. The number of benzene rings is 1. The molecule has 0 amide bonds. The molecule has 1 saturated heterocycles. The minimum absolute atomic E-state index is 0.0252. The summed E-state index contributed by atoms with van der Waals surface area (Å²) in [6.45, 7) is 3.84. The molecule has 2 unspecified atom stereocenters. The first-order chi connectivity index (χ1) is 12.3. The van der Waals surface area contributed by atoms with E-state index in [0.717, 1.165) is 16.9 Å². The maximum absolute atomic E-state index is 12.3. The van der Waals surface area contributed by atoms with Gasteiger partial charge in [0.25, 0.3) is 0 Å². The zero-order valence-corrected chi connectivity index (χ0v) is 18.7. The molecule has 26 heavy (non-hydrogen) atoms. The third kappa shape index (κ3) is 4.77. The van der Waals surface area contributed by atoms with Crippen LogP contribution in [-0.2, 0) is 27.3 Å². The van der Waals surface area contributed by atoms with Crippen LogP contribution in [0.25, 0.3) is 0 Å². The molecule has 1 aliphatic rings. The van der Waals surface area contributed by atoms with Crippen molar-refractivity contribution in [3.63, 3.8) is 0 Å². The molecule has 2 rings (SSSR count). The Morgan fingerprint density at radius 1 is 1.42 bits per heavy atom. The molecule has 0 aromatic heterocycles. The Hall–Kier alpha value is -0.687. The van der Waals surface area contributed by atoms with Gasteiger partial charge in [0, 0.05) is 0 Å². The molecular weight excluding hydrogens is 490 g/mol. The van der Waals surface area contributed by atoms with Gasteiger partial charge < -0.3 is 0 Å². The molecule has 0 bridgehead atoms. The summed E-state index contributed by atoms with van der Waals surface area (Å²) >= 11 is -2.12. The van der Waals surface area contributed by atoms with E-state index in [1.807, 2.05) is 26.0 Å². The SMILES string of the molecule is COC(=O)C1CCCS1(ON=O)c1ccc(OC(C)C)c([CH]=[Ru]([Cl])[Cl])c1. The van der Waals surface area contributed by atoms with Crippen molar-refractivity contribution in [2.45, 2.75) is 42.9 Å². The van der Waals surface area contributed by atoms with Crippen molar-refractivity contribution in [1.82, 2.24) is 0 Å². The summed E-state index contributed by atoms with van der Waals surface area (Å²) in [5, 5.41) is 2.16. The van der Waals surface area contributed by atoms with Crippen molar-refractivity contribution in [1.29, 1.82) is 0 Å². The molecular formula is C16H21Cl2NO5RuS. The monoisotopic (exact) mass is 511 g/mol. The Morgan fingerprint density at radius 2 is 2.15 bits per heavy atom. The molecule has 1 fully saturated rings. The second-order valence-corrected chi connectivity index (χ2v) is 14.7. The maximum atomic E-state index is 12.3. The van der Waals surface area contributed by atoms with Gasteiger partial charge in [-0.05, 0) is 0 Å². The standard InChI is InChI=1S/C16H21NO5S.2ClH.Ru/c1-11(2)21-14-8-7-13(10-12(14)3)23(22-17-19)9-5-6-15(23)16(18)20-4;;;/h3,7-8,10-11,15H,5-6,9H2,1-2,4H3;2*1H;/q;;;+2/p-2. The molecule has 6 nitrogen and oxygen atoms in total. The number of methoxy groups -OCH3 is 1. The molecule has 0 aliphatic carbocycles. The quantitative estimate of drug-likeness (QED) is 0.231. The average molecular weight is 511 g/mol. The van der Waals surface area contributed by atoms with Gasteiger partial charge in [0.2, 0.25) is 0 Å². The van der Waals surface area contributed by atoms with E-state index in [-0.39, 0.29) is 6.10 Å². The number of carbonyl (C=O) groups excluding carboxylic acids is 1. The van der Waals surface area contributed by atoms with Crippen LogP contribution in [0.4, 0.5) is 0 Å². The van der Waals surface area contributed by atoms with Crippen molar-refractivity contribution >= 4 is 40.3 Å². The van der Waals surface area contributed by atoms with Gasteiger partial charge >= 0.3 is 168 Å². The molecule has 10 heteroatoms. The van der Waals surface area contributed by atoms with Gasteiger partial charge in [-0.1, -0.05) is 0 Å². The molecule has 1 aromatic carbocycles. The van der Waals surface area contributed by atoms with E-state index in [1.54, 1.807) is 10.7 Å². The zero-order chi connectivity index (χ0) is 19.3. The van der Waals surface area contributed by atoms with E-state index in [4.69, 9.17) is 33.1 Å². The number of carbonyl (C=O) groups is 1. The Bertz CT molecular complexity index is 714. The predicted molar refractivity (Wildman–Crippen MR) is 102 cm³/mol. The third-order valence-electron chi connectivity index (χ3n) is 3.93. The van der Waals surface area contributed by atoms with Crippen molar-refractivity contribution in [3.8, 4) is 5.75 Å². The van der Waals surface area contributed by atoms with Crippen LogP contribution >= 0.6 is 29.7 Å². The summed E-state index contributed by atoms with van der Waals surface area (Å²) in [6.07, 6.45) is 1.31. The number of nitrogens with zero attached hydrogens (tertiary/aromatic N) is 1. The van der Waals surface area contributed by atoms with Gasteiger partial charge in [-0.2, -0.15) is 0 Å². The number of halogens is 2. The third-order valence-corrected chi connectivity index (χ3v) is 9.38. The molecule has 148 valence electrons. The van der Waals surface area contributed by atoms with Gasteiger partial charge in [-0.3, -0.25) is 0 Å². The van der Waals surface area contributed by atoms with Crippen molar-refractivity contribution in [2.24, 2.45) is 5.34 Å².